The van der Waals surface area contributed by atoms with Crippen LogP contribution in [0.15, 0.2) is 23.0 Å². The zero-order valence-electron chi connectivity index (χ0n) is 14.2. The number of nitrogens with zero attached hydrogens (tertiary/aromatic N) is 3. The van der Waals surface area contributed by atoms with E-state index in [1.165, 1.54) is 17.7 Å². The first-order valence-corrected chi connectivity index (χ1v) is 9.84. The molecule has 1 amide bonds. The summed E-state index contributed by atoms with van der Waals surface area (Å²) in [7, 11) is 0. The molecule has 0 saturated heterocycles. The molecule has 2 aromatic heterocycles. The van der Waals surface area contributed by atoms with E-state index in [0.717, 1.165) is 43.7 Å². The van der Waals surface area contributed by atoms with Gasteiger partial charge in [0.1, 0.15) is 5.82 Å². The van der Waals surface area contributed by atoms with Gasteiger partial charge in [-0.3, -0.25) is 19.5 Å². The molecule has 2 aliphatic rings. The second-order valence-corrected chi connectivity index (χ2v) is 7.95. The number of thiazole rings is 1. The monoisotopic (exact) mass is 366 g/mol. The van der Waals surface area contributed by atoms with Crippen molar-refractivity contribution in [3.63, 3.8) is 0 Å². The maximum absolute atomic E-state index is 12.6. The first-order valence-electron chi connectivity index (χ1n) is 9.02. The summed E-state index contributed by atoms with van der Waals surface area (Å²) in [6, 6.07) is 5.10. The number of hydrogen-bond acceptors (Lipinski definition) is 5. The molecule has 0 bridgehead atoms. The number of benzene rings is 1. The molecule has 7 heteroatoms. The lowest BCUT2D eigenvalue weighted by Gasteiger charge is -2.07. The van der Waals surface area contributed by atoms with Gasteiger partial charge in [0.15, 0.2) is 5.13 Å². The van der Waals surface area contributed by atoms with Gasteiger partial charge in [-0.05, 0) is 50.3 Å². The van der Waals surface area contributed by atoms with Crippen LogP contribution in [0.25, 0.3) is 10.9 Å². The van der Waals surface area contributed by atoms with Crippen LogP contribution in [-0.2, 0) is 25.8 Å². The summed E-state index contributed by atoms with van der Waals surface area (Å²) >= 11 is 1.57. The Morgan fingerprint density at radius 1 is 1.12 bits per heavy atom. The highest BCUT2D eigenvalue weighted by Crippen LogP contribution is 2.29. The fourth-order valence-electron chi connectivity index (χ4n) is 3.80. The van der Waals surface area contributed by atoms with Crippen LogP contribution in [0.4, 0.5) is 5.13 Å². The van der Waals surface area contributed by atoms with E-state index in [-0.39, 0.29) is 11.5 Å². The first-order chi connectivity index (χ1) is 12.7. The maximum atomic E-state index is 12.6. The van der Waals surface area contributed by atoms with Crippen LogP contribution in [0.3, 0.4) is 0 Å². The van der Waals surface area contributed by atoms with Crippen LogP contribution in [0.2, 0.25) is 0 Å². The number of fused-ring (bicyclic) bond motifs is 3. The van der Waals surface area contributed by atoms with Gasteiger partial charge in [-0.1, -0.05) is 0 Å². The van der Waals surface area contributed by atoms with Crippen LogP contribution in [0, 0.1) is 0 Å². The summed E-state index contributed by atoms with van der Waals surface area (Å²) in [6.45, 7) is 0.730. The van der Waals surface area contributed by atoms with Crippen LogP contribution < -0.4 is 10.9 Å². The lowest BCUT2D eigenvalue weighted by molar-refractivity contribution is 0.102. The van der Waals surface area contributed by atoms with Crippen LogP contribution in [0.1, 0.15) is 46.0 Å². The predicted octanol–water partition coefficient (Wildman–Crippen LogP) is 2.93. The van der Waals surface area contributed by atoms with Gasteiger partial charge >= 0.3 is 0 Å². The Hall–Kier alpha value is -2.54. The van der Waals surface area contributed by atoms with E-state index in [9.17, 15) is 9.59 Å². The van der Waals surface area contributed by atoms with Crippen molar-refractivity contribution in [1.29, 1.82) is 0 Å². The number of amides is 1. The van der Waals surface area contributed by atoms with Gasteiger partial charge in [0.25, 0.3) is 11.5 Å². The maximum Gasteiger partial charge on any atom is 0.261 e. The molecule has 3 heterocycles. The molecule has 1 aliphatic heterocycles. The summed E-state index contributed by atoms with van der Waals surface area (Å²) in [5.74, 6) is 0.605. The van der Waals surface area contributed by atoms with Crippen molar-refractivity contribution in [3.8, 4) is 0 Å². The normalized spacial score (nSPS) is 15.7. The van der Waals surface area contributed by atoms with E-state index < -0.39 is 0 Å². The molecule has 0 fully saturated rings. The van der Waals surface area contributed by atoms with Gasteiger partial charge in [0, 0.05) is 23.4 Å². The Morgan fingerprint density at radius 3 is 2.88 bits per heavy atom. The average molecular weight is 366 g/mol. The fourth-order valence-corrected chi connectivity index (χ4v) is 4.84. The van der Waals surface area contributed by atoms with Gasteiger partial charge in [-0.2, -0.15) is 0 Å². The number of nitrogens with one attached hydrogen (secondary N) is 1. The van der Waals surface area contributed by atoms with Crippen molar-refractivity contribution >= 4 is 33.3 Å². The van der Waals surface area contributed by atoms with E-state index in [1.807, 2.05) is 0 Å². The quantitative estimate of drug-likeness (QED) is 0.756. The van der Waals surface area contributed by atoms with Crippen LogP contribution in [0.5, 0.6) is 0 Å². The Bertz CT molecular complexity index is 1080. The van der Waals surface area contributed by atoms with E-state index in [4.69, 9.17) is 0 Å². The molecule has 0 unspecified atom stereocenters. The minimum Gasteiger partial charge on any atom is -0.298 e. The van der Waals surface area contributed by atoms with Gasteiger partial charge < -0.3 is 0 Å². The van der Waals surface area contributed by atoms with Crippen molar-refractivity contribution < 1.29 is 4.79 Å². The number of aryl methyl sites for hydroxylation is 3. The van der Waals surface area contributed by atoms with Crippen molar-refractivity contribution in [2.24, 2.45) is 0 Å². The number of carbonyl (C=O) groups is 1. The second-order valence-electron chi connectivity index (χ2n) is 6.87. The van der Waals surface area contributed by atoms with Crippen molar-refractivity contribution in [2.75, 3.05) is 5.32 Å². The molecule has 1 N–H and O–H groups in total. The van der Waals surface area contributed by atoms with Gasteiger partial charge in [-0.25, -0.2) is 9.97 Å². The van der Waals surface area contributed by atoms with Crippen molar-refractivity contribution in [2.45, 2.75) is 45.1 Å². The third-order valence-corrected chi connectivity index (χ3v) is 6.22. The lowest BCUT2D eigenvalue weighted by atomic mass is 10.0. The molecule has 3 aromatic rings. The summed E-state index contributed by atoms with van der Waals surface area (Å²) < 4.78 is 1.74. The molecule has 132 valence electrons. The molecule has 0 radical (unpaired) electrons. The van der Waals surface area contributed by atoms with Crippen LogP contribution in [-0.4, -0.2) is 20.4 Å². The average Bonchev–Trinajstić information content (AvgIpc) is 3.27. The zero-order valence-corrected chi connectivity index (χ0v) is 15.1. The van der Waals surface area contributed by atoms with Gasteiger partial charge in [-0.15, -0.1) is 11.3 Å². The topological polar surface area (TPSA) is 76.9 Å². The van der Waals surface area contributed by atoms with E-state index in [0.29, 0.717) is 21.6 Å². The zero-order chi connectivity index (χ0) is 17.7. The molecule has 0 saturated carbocycles. The lowest BCUT2D eigenvalue weighted by Crippen LogP contribution is -2.21. The summed E-state index contributed by atoms with van der Waals surface area (Å²) in [5, 5.41) is 4.13. The number of carbonyl (C=O) groups excluding carboxylic acids is 1. The number of aromatic nitrogens is 3. The largest absolute Gasteiger partial charge is 0.298 e. The molecule has 6 nitrogen and oxygen atoms in total. The molecule has 5 rings (SSSR count). The number of rotatable bonds is 2. The van der Waals surface area contributed by atoms with Gasteiger partial charge in [0.2, 0.25) is 0 Å². The number of hydrogen-bond donors (Lipinski definition) is 1. The van der Waals surface area contributed by atoms with Crippen LogP contribution >= 0.6 is 11.3 Å². The summed E-state index contributed by atoms with van der Waals surface area (Å²) in [4.78, 5) is 35.6. The van der Waals surface area contributed by atoms with E-state index >= 15 is 0 Å². The Balaban J connectivity index is 1.46. The SMILES string of the molecule is O=C(Nc1nc2c(s1)CCCC2)c1ccc2c(=O)n3c(nc2c1)CCC3. The highest BCUT2D eigenvalue weighted by Gasteiger charge is 2.19. The second kappa shape index (κ2) is 6.02. The Morgan fingerprint density at radius 2 is 2.00 bits per heavy atom. The Kier molecular flexibility index (Phi) is 3.63. The summed E-state index contributed by atoms with van der Waals surface area (Å²) in [6.07, 6.45) is 6.17. The van der Waals surface area contributed by atoms with Crippen molar-refractivity contribution in [1.82, 2.24) is 14.5 Å². The first kappa shape index (κ1) is 15.7. The molecule has 1 aromatic carbocycles. The fraction of sp³-hybridized carbons (Fsp3) is 0.368. The third kappa shape index (κ3) is 2.54. The van der Waals surface area contributed by atoms with Crippen molar-refractivity contribution in [3.05, 3.63) is 50.5 Å². The highest BCUT2D eigenvalue weighted by atomic mass is 32.1. The predicted molar refractivity (Wildman–Crippen MR) is 101 cm³/mol. The standard InChI is InChI=1S/C19H18N4O2S/c24-17(22-19-21-13-4-1-2-5-15(13)26-19)11-7-8-12-14(10-11)20-16-6-3-9-23(16)18(12)25/h7-8,10H,1-6,9H2,(H,21,22,24). The smallest absolute Gasteiger partial charge is 0.261 e. The molecular formula is C19H18N4O2S. The molecule has 26 heavy (non-hydrogen) atoms. The molecule has 0 atom stereocenters. The van der Waals surface area contributed by atoms with E-state index in [1.54, 1.807) is 34.1 Å². The van der Waals surface area contributed by atoms with E-state index in [2.05, 4.69) is 15.3 Å². The third-order valence-electron chi connectivity index (χ3n) is 5.14. The molecule has 0 spiro atoms. The van der Waals surface area contributed by atoms with Gasteiger partial charge in [0.05, 0.1) is 16.6 Å². The minimum atomic E-state index is -0.208. The highest BCUT2D eigenvalue weighted by molar-refractivity contribution is 7.15. The molecular weight excluding hydrogens is 348 g/mol. The Labute approximate surface area is 153 Å². The molecule has 1 aliphatic carbocycles. The summed E-state index contributed by atoms with van der Waals surface area (Å²) in [5.41, 5.74) is 2.21. The number of anilines is 1. The minimum absolute atomic E-state index is 0.0120.